The highest BCUT2D eigenvalue weighted by molar-refractivity contribution is 5.84. The van der Waals surface area contributed by atoms with Crippen molar-refractivity contribution in [2.45, 2.75) is 19.9 Å². The van der Waals surface area contributed by atoms with Gasteiger partial charge in [-0.2, -0.15) is 0 Å². The van der Waals surface area contributed by atoms with Crippen molar-refractivity contribution in [3.05, 3.63) is 58.1 Å². The second-order valence-electron chi connectivity index (χ2n) is 5.58. The van der Waals surface area contributed by atoms with Gasteiger partial charge in [0, 0.05) is 31.0 Å². The molecule has 0 fully saturated rings. The van der Waals surface area contributed by atoms with Gasteiger partial charge in [0.25, 0.3) is 5.56 Å². The highest BCUT2D eigenvalue weighted by Crippen LogP contribution is 2.24. The number of hydrogen-bond acceptors (Lipinski definition) is 4. The van der Waals surface area contributed by atoms with Crippen LogP contribution >= 0.6 is 0 Å². The summed E-state index contributed by atoms with van der Waals surface area (Å²) in [5.41, 5.74) is 9.36. The second kappa shape index (κ2) is 5.35. The van der Waals surface area contributed by atoms with E-state index in [0.29, 0.717) is 16.7 Å². The molecule has 0 aliphatic carbocycles. The van der Waals surface area contributed by atoms with Crippen molar-refractivity contribution in [2.24, 2.45) is 12.8 Å². The summed E-state index contributed by atoms with van der Waals surface area (Å²) < 4.78 is 1.56. The van der Waals surface area contributed by atoms with Crippen LogP contribution in [0.25, 0.3) is 22.3 Å². The van der Waals surface area contributed by atoms with Crippen LogP contribution in [-0.2, 0) is 7.05 Å². The molecule has 3 rings (SSSR count). The largest absolute Gasteiger partial charge is 0.324 e. The molecular weight excluding hydrogens is 276 g/mol. The van der Waals surface area contributed by atoms with Crippen molar-refractivity contribution in [3.63, 3.8) is 0 Å². The maximum absolute atomic E-state index is 12.7. The summed E-state index contributed by atoms with van der Waals surface area (Å²) in [6.07, 6.45) is 3.40. The summed E-state index contributed by atoms with van der Waals surface area (Å²) in [7, 11) is 1.73. The summed E-state index contributed by atoms with van der Waals surface area (Å²) in [6, 6.07) is 7.38. The molecule has 0 saturated heterocycles. The fraction of sp³-hybridized carbons (Fsp3) is 0.235. The van der Waals surface area contributed by atoms with Gasteiger partial charge in [-0.1, -0.05) is 6.07 Å². The smallest absolute Gasteiger partial charge is 0.261 e. The van der Waals surface area contributed by atoms with Crippen LogP contribution in [0, 0.1) is 6.92 Å². The molecule has 0 amide bonds. The maximum Gasteiger partial charge on any atom is 0.261 e. The number of hydrogen-bond donors (Lipinski definition) is 1. The molecule has 5 nitrogen and oxygen atoms in total. The number of rotatable bonds is 2. The van der Waals surface area contributed by atoms with Gasteiger partial charge >= 0.3 is 0 Å². The van der Waals surface area contributed by atoms with E-state index in [1.54, 1.807) is 24.0 Å². The summed E-state index contributed by atoms with van der Waals surface area (Å²) in [5.74, 6) is 0.594. The Labute approximate surface area is 128 Å². The lowest BCUT2D eigenvalue weighted by Crippen LogP contribution is -2.21. The number of nitrogens with two attached hydrogens (primary N) is 1. The third-order valence-electron chi connectivity index (χ3n) is 3.76. The van der Waals surface area contributed by atoms with Crippen LogP contribution < -0.4 is 11.3 Å². The molecule has 0 bridgehead atoms. The van der Waals surface area contributed by atoms with Gasteiger partial charge in [0.05, 0.1) is 10.9 Å². The van der Waals surface area contributed by atoms with Gasteiger partial charge in [-0.15, -0.1) is 0 Å². The Bertz CT molecular complexity index is 898. The standard InChI is InChI=1S/C17H18N4O/c1-10-7-13(11(2)18)15-14(8-10)17(22)21(3)16(20-15)12-5-4-6-19-9-12/h4-9,11H,18H2,1-3H3. The third kappa shape index (κ3) is 2.29. The number of aryl methyl sites for hydroxylation is 1. The number of nitrogens with zero attached hydrogens (tertiary/aromatic N) is 3. The summed E-state index contributed by atoms with van der Waals surface area (Å²) in [4.78, 5) is 21.5. The zero-order valence-corrected chi connectivity index (χ0v) is 12.9. The average Bonchev–Trinajstić information content (AvgIpc) is 2.51. The molecule has 1 aromatic carbocycles. The Hall–Kier alpha value is -2.53. The predicted molar refractivity (Wildman–Crippen MR) is 87.6 cm³/mol. The first-order valence-corrected chi connectivity index (χ1v) is 7.16. The second-order valence-corrected chi connectivity index (χ2v) is 5.58. The van der Waals surface area contributed by atoms with E-state index in [4.69, 9.17) is 10.7 Å². The van der Waals surface area contributed by atoms with Gasteiger partial charge in [0.1, 0.15) is 5.82 Å². The first-order valence-electron chi connectivity index (χ1n) is 7.16. The fourth-order valence-corrected chi connectivity index (χ4v) is 2.65. The molecule has 5 heteroatoms. The van der Waals surface area contributed by atoms with Crippen molar-refractivity contribution in [3.8, 4) is 11.4 Å². The van der Waals surface area contributed by atoms with E-state index in [0.717, 1.165) is 16.7 Å². The molecule has 0 spiro atoms. The molecule has 0 saturated carbocycles. The van der Waals surface area contributed by atoms with E-state index in [9.17, 15) is 4.79 Å². The van der Waals surface area contributed by atoms with Gasteiger partial charge in [0.15, 0.2) is 0 Å². The lowest BCUT2D eigenvalue weighted by molar-refractivity contribution is 0.813. The van der Waals surface area contributed by atoms with Crippen molar-refractivity contribution in [1.29, 1.82) is 0 Å². The lowest BCUT2D eigenvalue weighted by atomic mass is 10.0. The van der Waals surface area contributed by atoms with Crippen molar-refractivity contribution in [2.75, 3.05) is 0 Å². The van der Waals surface area contributed by atoms with Gasteiger partial charge in [-0.3, -0.25) is 14.3 Å². The van der Waals surface area contributed by atoms with E-state index in [1.807, 2.05) is 38.1 Å². The number of aromatic nitrogens is 3. The van der Waals surface area contributed by atoms with E-state index in [2.05, 4.69) is 4.98 Å². The molecule has 0 aliphatic heterocycles. The molecule has 2 aromatic heterocycles. The van der Waals surface area contributed by atoms with Gasteiger partial charge in [-0.05, 0) is 43.2 Å². The monoisotopic (exact) mass is 294 g/mol. The number of benzene rings is 1. The van der Waals surface area contributed by atoms with Crippen LogP contribution in [0.15, 0.2) is 41.5 Å². The van der Waals surface area contributed by atoms with Crippen molar-refractivity contribution >= 4 is 10.9 Å². The summed E-state index contributed by atoms with van der Waals surface area (Å²) >= 11 is 0. The van der Waals surface area contributed by atoms with E-state index in [-0.39, 0.29) is 11.6 Å². The van der Waals surface area contributed by atoms with Crippen LogP contribution in [-0.4, -0.2) is 14.5 Å². The molecule has 112 valence electrons. The molecule has 0 aliphatic rings. The average molecular weight is 294 g/mol. The molecule has 0 radical (unpaired) electrons. The van der Waals surface area contributed by atoms with Crippen LogP contribution in [0.1, 0.15) is 24.1 Å². The number of fused-ring (bicyclic) bond motifs is 1. The van der Waals surface area contributed by atoms with Crippen LogP contribution in [0.5, 0.6) is 0 Å². The lowest BCUT2D eigenvalue weighted by Gasteiger charge is -2.14. The molecule has 22 heavy (non-hydrogen) atoms. The van der Waals surface area contributed by atoms with Crippen LogP contribution in [0.4, 0.5) is 0 Å². The van der Waals surface area contributed by atoms with Crippen molar-refractivity contribution < 1.29 is 0 Å². The van der Waals surface area contributed by atoms with Crippen molar-refractivity contribution in [1.82, 2.24) is 14.5 Å². The van der Waals surface area contributed by atoms with E-state index in [1.165, 1.54) is 0 Å². The Balaban J connectivity index is 2.43. The van der Waals surface area contributed by atoms with Gasteiger partial charge < -0.3 is 5.73 Å². The van der Waals surface area contributed by atoms with Gasteiger partial charge in [0.2, 0.25) is 0 Å². The Kier molecular flexibility index (Phi) is 3.50. The molecule has 2 heterocycles. The maximum atomic E-state index is 12.7. The minimum Gasteiger partial charge on any atom is -0.324 e. The molecular formula is C17H18N4O. The van der Waals surface area contributed by atoms with Gasteiger partial charge in [-0.25, -0.2) is 4.98 Å². The number of pyridine rings is 1. The Morgan fingerprint density at radius 2 is 2.09 bits per heavy atom. The topological polar surface area (TPSA) is 73.8 Å². The zero-order valence-electron chi connectivity index (χ0n) is 12.9. The minimum absolute atomic E-state index is 0.0746. The predicted octanol–water partition coefficient (Wildman–Crippen LogP) is 2.32. The van der Waals surface area contributed by atoms with E-state index >= 15 is 0 Å². The highest BCUT2D eigenvalue weighted by atomic mass is 16.1. The Morgan fingerprint density at radius 1 is 1.32 bits per heavy atom. The molecule has 2 N–H and O–H groups in total. The quantitative estimate of drug-likeness (QED) is 0.787. The summed E-state index contributed by atoms with van der Waals surface area (Å²) in [6.45, 7) is 3.86. The van der Waals surface area contributed by atoms with Crippen LogP contribution in [0.3, 0.4) is 0 Å². The summed E-state index contributed by atoms with van der Waals surface area (Å²) in [5, 5.41) is 0.599. The molecule has 1 unspecified atom stereocenters. The first kappa shape index (κ1) is 14.4. The minimum atomic E-state index is -0.191. The highest BCUT2D eigenvalue weighted by Gasteiger charge is 2.15. The Morgan fingerprint density at radius 3 is 2.73 bits per heavy atom. The van der Waals surface area contributed by atoms with Crippen LogP contribution in [0.2, 0.25) is 0 Å². The van der Waals surface area contributed by atoms with E-state index < -0.39 is 0 Å². The normalized spacial score (nSPS) is 12.5. The molecule has 3 aromatic rings. The third-order valence-corrected chi connectivity index (χ3v) is 3.76. The first-order chi connectivity index (χ1) is 10.5. The molecule has 1 atom stereocenters. The fourth-order valence-electron chi connectivity index (χ4n) is 2.65. The SMILES string of the molecule is Cc1cc(C(C)N)c2nc(-c3cccnc3)n(C)c(=O)c2c1. The zero-order chi connectivity index (χ0) is 15.9.